The summed E-state index contributed by atoms with van der Waals surface area (Å²) < 4.78 is 6.02. The highest BCUT2D eigenvalue weighted by molar-refractivity contribution is 5.74. The molecule has 0 aromatic rings. The van der Waals surface area contributed by atoms with Crippen molar-refractivity contribution in [3.8, 4) is 0 Å². The number of hydrogen-bond donors (Lipinski definition) is 2. The molecule has 0 unspecified atom stereocenters. The third kappa shape index (κ3) is 4.10. The number of carbonyl (C=O) groups is 1. The smallest absolute Gasteiger partial charge is 0.315 e. The molecule has 1 saturated heterocycles. The highest BCUT2D eigenvalue weighted by Crippen LogP contribution is 2.37. The van der Waals surface area contributed by atoms with Gasteiger partial charge in [-0.05, 0) is 67.5 Å². The highest BCUT2D eigenvalue weighted by atomic mass is 16.5. The zero-order valence-electron chi connectivity index (χ0n) is 14.3. The van der Waals surface area contributed by atoms with Crippen LogP contribution in [0.1, 0.15) is 53.4 Å². The Morgan fingerprint density at radius 1 is 1.14 bits per heavy atom. The van der Waals surface area contributed by atoms with Crippen molar-refractivity contribution in [2.75, 3.05) is 14.1 Å². The van der Waals surface area contributed by atoms with E-state index in [2.05, 4.69) is 43.5 Å². The number of rotatable bonds is 3. The lowest BCUT2D eigenvalue weighted by atomic mass is 9.95. The second-order valence-corrected chi connectivity index (χ2v) is 7.97. The molecule has 0 aromatic carbocycles. The van der Waals surface area contributed by atoms with Gasteiger partial charge in [0.1, 0.15) is 0 Å². The number of nitrogens with zero attached hydrogens (tertiary/aromatic N) is 1. The van der Waals surface area contributed by atoms with Crippen LogP contribution in [0.4, 0.5) is 4.79 Å². The number of hydrogen-bond acceptors (Lipinski definition) is 3. The fourth-order valence-electron chi connectivity index (χ4n) is 3.73. The summed E-state index contributed by atoms with van der Waals surface area (Å²) in [5, 5.41) is 6.23. The molecule has 0 aromatic heterocycles. The summed E-state index contributed by atoms with van der Waals surface area (Å²) in [5.74, 6) is 0. The Labute approximate surface area is 128 Å². The van der Waals surface area contributed by atoms with Crippen LogP contribution in [0, 0.1) is 0 Å². The number of carbonyl (C=O) groups excluding carboxylic acids is 1. The number of urea groups is 1. The molecule has 3 atom stereocenters. The van der Waals surface area contributed by atoms with Gasteiger partial charge in [-0.1, -0.05) is 0 Å². The van der Waals surface area contributed by atoms with Gasteiger partial charge in [0.2, 0.25) is 0 Å². The maximum absolute atomic E-state index is 12.2. The molecule has 0 bridgehead atoms. The summed E-state index contributed by atoms with van der Waals surface area (Å²) in [7, 11) is 4.21. The second kappa shape index (κ2) is 5.76. The molecule has 5 heteroatoms. The van der Waals surface area contributed by atoms with Crippen LogP contribution in [-0.2, 0) is 4.74 Å². The number of amides is 2. The van der Waals surface area contributed by atoms with Gasteiger partial charge >= 0.3 is 6.03 Å². The first-order chi connectivity index (χ1) is 9.59. The normalized spacial score (nSPS) is 34.1. The van der Waals surface area contributed by atoms with Crippen molar-refractivity contribution in [2.45, 2.75) is 82.7 Å². The molecule has 2 N–H and O–H groups in total. The molecule has 2 amide bonds. The first kappa shape index (κ1) is 16.6. The molecule has 122 valence electrons. The Bertz CT molecular complexity index is 393. The van der Waals surface area contributed by atoms with Gasteiger partial charge in [0, 0.05) is 12.1 Å². The molecule has 1 aliphatic carbocycles. The fraction of sp³-hybridized carbons (Fsp3) is 0.938. The van der Waals surface area contributed by atoms with E-state index < -0.39 is 0 Å². The molecule has 0 radical (unpaired) electrons. The number of nitrogens with one attached hydrogen (secondary N) is 2. The van der Waals surface area contributed by atoms with E-state index in [0.717, 1.165) is 25.7 Å². The molecular weight excluding hydrogens is 266 g/mol. The molecule has 2 fully saturated rings. The standard InChI is InChI=1S/C16H31N3O2/c1-15(2)10-13(16(3,4)21-15)18-14(20)17-11-7-8-12(9-11)19(5)6/h11-13H,7-10H2,1-6H3,(H2,17,18,20)/t11-,12-,13+/m1/s1. The molecule has 1 aliphatic heterocycles. The van der Waals surface area contributed by atoms with Gasteiger partial charge in [0.25, 0.3) is 0 Å². The monoisotopic (exact) mass is 297 g/mol. The number of ether oxygens (including phenoxy) is 1. The second-order valence-electron chi connectivity index (χ2n) is 7.97. The van der Waals surface area contributed by atoms with Crippen molar-refractivity contribution in [1.29, 1.82) is 0 Å². The minimum Gasteiger partial charge on any atom is -0.367 e. The summed E-state index contributed by atoms with van der Waals surface area (Å²) in [4.78, 5) is 14.5. The van der Waals surface area contributed by atoms with E-state index in [4.69, 9.17) is 4.74 Å². The van der Waals surface area contributed by atoms with E-state index in [1.807, 2.05) is 13.8 Å². The van der Waals surface area contributed by atoms with Crippen LogP contribution in [0.2, 0.25) is 0 Å². The van der Waals surface area contributed by atoms with Gasteiger partial charge in [-0.25, -0.2) is 4.79 Å². The molecule has 2 rings (SSSR count). The van der Waals surface area contributed by atoms with Crippen molar-refractivity contribution in [3.05, 3.63) is 0 Å². The summed E-state index contributed by atoms with van der Waals surface area (Å²) in [6.45, 7) is 8.24. The Morgan fingerprint density at radius 2 is 1.81 bits per heavy atom. The van der Waals surface area contributed by atoms with Gasteiger partial charge in [-0.15, -0.1) is 0 Å². The Morgan fingerprint density at radius 3 is 2.29 bits per heavy atom. The Hall–Kier alpha value is -0.810. The summed E-state index contributed by atoms with van der Waals surface area (Å²) in [6.07, 6.45) is 4.10. The van der Waals surface area contributed by atoms with Gasteiger partial charge in [-0.3, -0.25) is 0 Å². The lowest BCUT2D eigenvalue weighted by Crippen LogP contribution is -2.51. The van der Waals surface area contributed by atoms with E-state index in [-0.39, 0.29) is 29.3 Å². The van der Waals surface area contributed by atoms with Gasteiger partial charge in [-0.2, -0.15) is 0 Å². The molecule has 21 heavy (non-hydrogen) atoms. The third-order valence-corrected chi connectivity index (χ3v) is 4.85. The maximum atomic E-state index is 12.2. The first-order valence-electron chi connectivity index (χ1n) is 8.03. The van der Waals surface area contributed by atoms with Crippen LogP contribution in [0.5, 0.6) is 0 Å². The molecule has 1 saturated carbocycles. The summed E-state index contributed by atoms with van der Waals surface area (Å²) in [6, 6.07) is 0.869. The summed E-state index contributed by atoms with van der Waals surface area (Å²) in [5.41, 5.74) is -0.493. The average molecular weight is 297 g/mol. The van der Waals surface area contributed by atoms with Crippen LogP contribution in [0.3, 0.4) is 0 Å². The predicted molar refractivity (Wildman–Crippen MR) is 84.4 cm³/mol. The predicted octanol–water partition coefficient (Wildman–Crippen LogP) is 2.11. The van der Waals surface area contributed by atoms with E-state index in [0.29, 0.717) is 6.04 Å². The fourth-order valence-corrected chi connectivity index (χ4v) is 3.73. The minimum absolute atomic E-state index is 0.0542. The van der Waals surface area contributed by atoms with E-state index >= 15 is 0 Å². The van der Waals surface area contributed by atoms with E-state index in [1.165, 1.54) is 0 Å². The van der Waals surface area contributed by atoms with Crippen molar-refractivity contribution >= 4 is 6.03 Å². The third-order valence-electron chi connectivity index (χ3n) is 4.85. The molecular formula is C16H31N3O2. The summed E-state index contributed by atoms with van der Waals surface area (Å²) >= 11 is 0. The highest BCUT2D eigenvalue weighted by Gasteiger charge is 2.46. The van der Waals surface area contributed by atoms with Gasteiger partial charge in [0.15, 0.2) is 0 Å². The lowest BCUT2D eigenvalue weighted by Gasteiger charge is -2.28. The van der Waals surface area contributed by atoms with Gasteiger partial charge < -0.3 is 20.3 Å². The van der Waals surface area contributed by atoms with Crippen LogP contribution in [-0.4, -0.2) is 54.4 Å². The minimum atomic E-state index is -0.317. The SMILES string of the molecule is CN(C)[C@@H]1CC[C@@H](NC(=O)N[C@H]2CC(C)(C)OC2(C)C)C1. The maximum Gasteiger partial charge on any atom is 0.315 e. The molecule has 2 aliphatic rings. The molecule has 5 nitrogen and oxygen atoms in total. The van der Waals surface area contributed by atoms with Crippen molar-refractivity contribution in [2.24, 2.45) is 0 Å². The molecule has 0 spiro atoms. The largest absolute Gasteiger partial charge is 0.367 e. The van der Waals surface area contributed by atoms with Crippen LogP contribution in [0.15, 0.2) is 0 Å². The molecule has 1 heterocycles. The Kier molecular flexibility index (Phi) is 4.54. The van der Waals surface area contributed by atoms with Crippen LogP contribution >= 0.6 is 0 Å². The van der Waals surface area contributed by atoms with E-state index in [9.17, 15) is 4.79 Å². The Balaban J connectivity index is 1.83. The van der Waals surface area contributed by atoms with Crippen molar-refractivity contribution < 1.29 is 9.53 Å². The van der Waals surface area contributed by atoms with Crippen molar-refractivity contribution in [1.82, 2.24) is 15.5 Å². The zero-order valence-corrected chi connectivity index (χ0v) is 14.3. The van der Waals surface area contributed by atoms with Crippen LogP contribution in [0.25, 0.3) is 0 Å². The average Bonchev–Trinajstić information content (AvgIpc) is 2.81. The van der Waals surface area contributed by atoms with E-state index in [1.54, 1.807) is 0 Å². The quantitative estimate of drug-likeness (QED) is 0.839. The van der Waals surface area contributed by atoms with Crippen molar-refractivity contribution in [3.63, 3.8) is 0 Å². The van der Waals surface area contributed by atoms with Crippen LogP contribution < -0.4 is 10.6 Å². The zero-order chi connectivity index (χ0) is 15.8. The topological polar surface area (TPSA) is 53.6 Å². The van der Waals surface area contributed by atoms with Gasteiger partial charge in [0.05, 0.1) is 17.2 Å². The first-order valence-corrected chi connectivity index (χ1v) is 8.03. The lowest BCUT2D eigenvalue weighted by molar-refractivity contribution is -0.0690.